The second-order valence-electron chi connectivity index (χ2n) is 8.95. The summed E-state index contributed by atoms with van der Waals surface area (Å²) < 4.78 is 5.60. The number of halogens is 1. The molecule has 0 saturated heterocycles. The molecule has 0 saturated carbocycles. The zero-order valence-corrected chi connectivity index (χ0v) is 19.8. The van der Waals surface area contributed by atoms with Gasteiger partial charge in [0.1, 0.15) is 5.75 Å². The van der Waals surface area contributed by atoms with Gasteiger partial charge in [-0.05, 0) is 60.2 Å². The van der Waals surface area contributed by atoms with Crippen molar-refractivity contribution < 1.29 is 14.3 Å². The average Bonchev–Trinajstić information content (AvgIpc) is 2.75. The number of aryl methyl sites for hydroxylation is 2. The first kappa shape index (κ1) is 23.6. The molecule has 32 heavy (non-hydrogen) atoms. The highest BCUT2D eigenvalue weighted by Gasteiger charge is 2.15. The fourth-order valence-corrected chi connectivity index (χ4v) is 3.47. The van der Waals surface area contributed by atoms with Crippen LogP contribution in [0.25, 0.3) is 0 Å². The van der Waals surface area contributed by atoms with Gasteiger partial charge in [-0.15, -0.1) is 0 Å². The lowest BCUT2D eigenvalue weighted by atomic mass is 9.86. The highest BCUT2D eigenvalue weighted by molar-refractivity contribution is 6.32. The van der Waals surface area contributed by atoms with Crippen molar-refractivity contribution in [1.82, 2.24) is 0 Å². The maximum Gasteiger partial charge on any atom is 0.262 e. The smallest absolute Gasteiger partial charge is 0.262 e. The fourth-order valence-electron chi connectivity index (χ4n) is 3.36. The molecule has 0 fully saturated rings. The molecule has 0 atom stereocenters. The Balaban J connectivity index is 1.65. The van der Waals surface area contributed by atoms with Crippen LogP contribution in [0, 0.1) is 13.8 Å². The van der Waals surface area contributed by atoms with Gasteiger partial charge in [0.15, 0.2) is 12.4 Å². The Hall–Kier alpha value is -3.11. The van der Waals surface area contributed by atoms with E-state index < -0.39 is 0 Å². The molecular weight excluding hydrogens is 422 g/mol. The lowest BCUT2D eigenvalue weighted by Gasteiger charge is -2.19. The van der Waals surface area contributed by atoms with Gasteiger partial charge in [-0.25, -0.2) is 0 Å². The second-order valence-corrected chi connectivity index (χ2v) is 9.32. The molecule has 0 aliphatic heterocycles. The minimum atomic E-state index is -0.311. The van der Waals surface area contributed by atoms with Crippen LogP contribution in [0.15, 0.2) is 60.7 Å². The molecule has 1 amide bonds. The topological polar surface area (TPSA) is 55.4 Å². The summed E-state index contributed by atoms with van der Waals surface area (Å²) in [7, 11) is 0. The van der Waals surface area contributed by atoms with E-state index in [9.17, 15) is 9.59 Å². The average molecular weight is 450 g/mol. The van der Waals surface area contributed by atoms with Crippen LogP contribution in [0.4, 0.5) is 5.69 Å². The monoisotopic (exact) mass is 449 g/mol. The molecule has 3 rings (SSSR count). The number of ketones is 1. The highest BCUT2D eigenvalue weighted by atomic mass is 35.5. The van der Waals surface area contributed by atoms with Crippen LogP contribution < -0.4 is 10.1 Å². The van der Waals surface area contributed by atoms with Crippen molar-refractivity contribution in [3.8, 4) is 5.75 Å². The van der Waals surface area contributed by atoms with Gasteiger partial charge in [0.25, 0.3) is 5.91 Å². The number of benzene rings is 3. The number of carbonyl (C=O) groups excluding carboxylic acids is 2. The normalized spacial score (nSPS) is 11.2. The summed E-state index contributed by atoms with van der Waals surface area (Å²) in [5, 5.41) is 3.48. The molecule has 0 aliphatic carbocycles. The van der Waals surface area contributed by atoms with Crippen molar-refractivity contribution in [2.45, 2.75) is 40.0 Å². The summed E-state index contributed by atoms with van der Waals surface area (Å²) in [6.07, 6.45) is 0. The Bertz CT molecular complexity index is 1120. The van der Waals surface area contributed by atoms with Crippen molar-refractivity contribution >= 4 is 29.0 Å². The first-order valence-electron chi connectivity index (χ1n) is 10.5. The summed E-state index contributed by atoms with van der Waals surface area (Å²) in [6.45, 7) is 10.0. The zero-order chi connectivity index (χ0) is 23.5. The molecule has 0 radical (unpaired) electrons. The van der Waals surface area contributed by atoms with Crippen LogP contribution in [0.1, 0.15) is 53.4 Å². The van der Waals surface area contributed by atoms with Crippen molar-refractivity contribution in [2.75, 3.05) is 11.9 Å². The molecule has 0 bridgehead atoms. The number of carbonyl (C=O) groups is 2. The lowest BCUT2D eigenvalue weighted by molar-refractivity contribution is -0.118. The summed E-state index contributed by atoms with van der Waals surface area (Å²) in [5.74, 6) is 0.182. The van der Waals surface area contributed by atoms with Crippen molar-refractivity contribution in [3.05, 3.63) is 93.5 Å². The molecule has 5 heteroatoms. The molecule has 0 aliphatic rings. The summed E-state index contributed by atoms with van der Waals surface area (Å²) in [5.41, 5.74) is 4.64. The molecule has 3 aromatic rings. The van der Waals surface area contributed by atoms with Gasteiger partial charge in [-0.3, -0.25) is 9.59 Å². The van der Waals surface area contributed by atoms with Crippen LogP contribution in [-0.4, -0.2) is 18.3 Å². The van der Waals surface area contributed by atoms with E-state index in [0.717, 1.165) is 11.1 Å². The van der Waals surface area contributed by atoms with Gasteiger partial charge in [0, 0.05) is 21.8 Å². The predicted molar refractivity (Wildman–Crippen MR) is 130 cm³/mol. The predicted octanol–water partition coefficient (Wildman–Crippen LogP) is 6.50. The summed E-state index contributed by atoms with van der Waals surface area (Å²) in [4.78, 5) is 25.3. The Morgan fingerprint density at radius 1 is 0.906 bits per heavy atom. The lowest BCUT2D eigenvalue weighted by Crippen LogP contribution is -2.20. The summed E-state index contributed by atoms with van der Waals surface area (Å²) in [6, 6.07) is 18.2. The largest absolute Gasteiger partial charge is 0.484 e. The van der Waals surface area contributed by atoms with Gasteiger partial charge in [-0.2, -0.15) is 0 Å². The summed E-state index contributed by atoms with van der Waals surface area (Å²) >= 11 is 6.17. The number of amides is 1. The van der Waals surface area contributed by atoms with E-state index in [-0.39, 0.29) is 23.7 Å². The molecule has 0 unspecified atom stereocenters. The second kappa shape index (κ2) is 9.58. The molecular formula is C27H28ClNO3. The molecule has 0 spiro atoms. The van der Waals surface area contributed by atoms with E-state index in [1.54, 1.807) is 36.4 Å². The number of ether oxygens (including phenoxy) is 1. The van der Waals surface area contributed by atoms with E-state index in [1.165, 1.54) is 5.56 Å². The number of hydrogen-bond acceptors (Lipinski definition) is 3. The first-order chi connectivity index (χ1) is 15.0. The maximum atomic E-state index is 12.9. The van der Waals surface area contributed by atoms with Crippen molar-refractivity contribution in [1.29, 1.82) is 0 Å². The van der Waals surface area contributed by atoms with Crippen LogP contribution in [0.2, 0.25) is 5.02 Å². The Morgan fingerprint density at radius 3 is 2.12 bits per heavy atom. The number of hydrogen-bond donors (Lipinski definition) is 1. The van der Waals surface area contributed by atoms with Crippen molar-refractivity contribution in [3.63, 3.8) is 0 Å². The number of nitrogens with one attached hydrogen (secondary N) is 1. The molecule has 0 heterocycles. The van der Waals surface area contributed by atoms with E-state index in [2.05, 4.69) is 26.1 Å². The number of anilines is 1. The van der Waals surface area contributed by atoms with Crippen molar-refractivity contribution in [2.24, 2.45) is 0 Å². The fraction of sp³-hybridized carbons (Fsp3) is 0.259. The minimum absolute atomic E-state index is 0.0251. The van der Waals surface area contributed by atoms with E-state index in [4.69, 9.17) is 16.3 Å². The van der Waals surface area contributed by atoms with Crippen LogP contribution in [-0.2, 0) is 10.2 Å². The molecule has 3 aromatic carbocycles. The van der Waals surface area contributed by atoms with Gasteiger partial charge >= 0.3 is 0 Å². The van der Waals surface area contributed by atoms with Gasteiger partial charge in [0.2, 0.25) is 0 Å². The molecule has 1 N–H and O–H groups in total. The first-order valence-corrected chi connectivity index (χ1v) is 10.9. The third-order valence-electron chi connectivity index (χ3n) is 5.20. The zero-order valence-electron chi connectivity index (χ0n) is 19.1. The highest BCUT2D eigenvalue weighted by Crippen LogP contribution is 2.26. The van der Waals surface area contributed by atoms with Gasteiger partial charge < -0.3 is 10.1 Å². The Morgan fingerprint density at radius 2 is 1.53 bits per heavy atom. The van der Waals surface area contributed by atoms with Crippen LogP contribution in [0.5, 0.6) is 5.75 Å². The Labute approximate surface area is 194 Å². The Kier molecular flexibility index (Phi) is 7.05. The third kappa shape index (κ3) is 5.77. The van der Waals surface area contributed by atoms with E-state index in [0.29, 0.717) is 27.6 Å². The molecule has 4 nitrogen and oxygen atoms in total. The van der Waals surface area contributed by atoms with Gasteiger partial charge in [-0.1, -0.05) is 68.8 Å². The van der Waals surface area contributed by atoms with Crippen LogP contribution >= 0.6 is 11.6 Å². The maximum absolute atomic E-state index is 12.9. The molecule has 166 valence electrons. The van der Waals surface area contributed by atoms with Gasteiger partial charge in [0.05, 0.1) is 0 Å². The molecule has 0 aromatic heterocycles. The standard InChI is InChI=1S/C27H28ClNO3/c1-17-13-23(14-18(2)25(17)28)32-16-24(30)29-22-8-6-7-20(15-22)26(31)19-9-11-21(12-10-19)27(3,4)5/h6-15H,16H2,1-5H3,(H,29,30). The number of rotatable bonds is 6. The third-order valence-corrected chi connectivity index (χ3v) is 5.80. The SMILES string of the molecule is Cc1cc(OCC(=O)Nc2cccc(C(=O)c3ccc(C(C)(C)C)cc3)c2)cc(C)c1Cl. The minimum Gasteiger partial charge on any atom is -0.484 e. The quantitative estimate of drug-likeness (QED) is 0.437. The van der Waals surface area contributed by atoms with E-state index >= 15 is 0 Å². The van der Waals surface area contributed by atoms with Crippen LogP contribution in [0.3, 0.4) is 0 Å². The van der Waals surface area contributed by atoms with E-state index in [1.807, 2.05) is 38.1 Å².